The number of ether oxygens (including phenoxy) is 1. The topological polar surface area (TPSA) is 103 Å². The number of nitrogens with zero attached hydrogens (tertiary/aromatic N) is 4. The third kappa shape index (κ3) is 5.04. The van der Waals surface area contributed by atoms with Crippen molar-refractivity contribution >= 4 is 23.1 Å². The average molecular weight is 595 g/mol. The molecule has 44 heavy (non-hydrogen) atoms. The van der Waals surface area contributed by atoms with E-state index in [1.807, 2.05) is 6.92 Å². The third-order valence-corrected chi connectivity index (χ3v) is 9.78. The van der Waals surface area contributed by atoms with Gasteiger partial charge in [0.15, 0.2) is 0 Å². The molecule has 0 spiro atoms. The molecule has 2 atom stereocenters. The van der Waals surface area contributed by atoms with Crippen LogP contribution in [0.1, 0.15) is 60.3 Å². The predicted octanol–water partition coefficient (Wildman–Crippen LogP) is 4.09. The Balaban J connectivity index is 1.59. The minimum Gasteiger partial charge on any atom is -0.875 e. The lowest BCUT2D eigenvalue weighted by Gasteiger charge is -2.25. The number of quaternary nitrogens is 2. The first kappa shape index (κ1) is 30.2. The highest BCUT2D eigenvalue weighted by atomic mass is 16.5. The van der Waals surface area contributed by atoms with E-state index in [1.54, 1.807) is 0 Å². The molecule has 6 aliphatic rings. The summed E-state index contributed by atoms with van der Waals surface area (Å²) in [4.78, 5) is 27.8. The smallest absolute Gasteiger partial charge is 0.305 e. The summed E-state index contributed by atoms with van der Waals surface area (Å²) < 4.78 is 5.78. The molecule has 6 rings (SSSR count). The van der Waals surface area contributed by atoms with Crippen LogP contribution in [0.25, 0.3) is 0 Å². The number of hydrogen-bond donors (Lipinski definition) is 1. The van der Waals surface area contributed by atoms with Crippen molar-refractivity contribution in [2.75, 3.05) is 34.8 Å². The van der Waals surface area contributed by atoms with E-state index >= 15 is 0 Å². The molecule has 0 amide bonds. The maximum Gasteiger partial charge on any atom is 0.305 e. The number of allylic oxidation sites excluding steroid dienone is 10. The molecular formula is C36H44N5O3+. The van der Waals surface area contributed by atoms with Gasteiger partial charge < -0.3 is 14.3 Å². The number of carbonyl (C=O) groups excluding carboxylic acids is 1. The first-order valence-electron chi connectivity index (χ1n) is 15.7. The minimum absolute atomic E-state index is 0.0345. The molecule has 230 valence electrons. The van der Waals surface area contributed by atoms with Gasteiger partial charge in [-0.15, -0.1) is 5.76 Å². The molecule has 0 saturated heterocycles. The molecule has 5 aliphatic heterocycles. The van der Waals surface area contributed by atoms with Gasteiger partial charge >= 0.3 is 5.97 Å². The summed E-state index contributed by atoms with van der Waals surface area (Å²) in [5.74, 6) is -0.148. The standard InChI is InChI=1S/C36H43N5O3/c1-10-22-18(2)27-15-31-25(17-41(6,7)8)20(4)26(38-31)14-28-19(3)23(11-12-33(43)44-9)35(39-28)24-13-32(42)34-21(5)29(40-36(24)34)16-30(22)37-27/h14-16,19,23H,10-13,17H2,1-9H3,(H-,37,38,39,40,42)/p+1/t19-,23-/m0/s1. The Bertz CT molecular complexity index is 1740. The zero-order chi connectivity index (χ0) is 31.7. The monoisotopic (exact) mass is 594 g/mol. The fourth-order valence-electron chi connectivity index (χ4n) is 7.29. The van der Waals surface area contributed by atoms with Crippen LogP contribution in [0.2, 0.25) is 0 Å². The molecule has 0 unspecified atom stereocenters. The van der Waals surface area contributed by atoms with Crippen molar-refractivity contribution in [2.45, 2.75) is 60.3 Å². The minimum atomic E-state index is -0.241. The summed E-state index contributed by atoms with van der Waals surface area (Å²) in [7, 11) is 8.04. The number of nitrogens with two attached hydrogens (primary N) is 1. The molecule has 0 aromatic heterocycles. The number of rotatable bonds is 6. The van der Waals surface area contributed by atoms with E-state index < -0.39 is 0 Å². The highest BCUT2D eigenvalue weighted by molar-refractivity contribution is 6.21. The summed E-state index contributed by atoms with van der Waals surface area (Å²) in [5, 5.41) is 15.8. The Hall–Kier alpha value is -3.88. The second-order valence-electron chi connectivity index (χ2n) is 13.7. The molecule has 8 nitrogen and oxygen atoms in total. The molecule has 0 aromatic carbocycles. The van der Waals surface area contributed by atoms with Gasteiger partial charge in [0.05, 0.1) is 56.8 Å². The van der Waals surface area contributed by atoms with Gasteiger partial charge in [-0.3, -0.25) is 15.1 Å². The van der Waals surface area contributed by atoms with Crippen LogP contribution in [0, 0.1) is 11.8 Å². The number of hydrogen-bond acceptors (Lipinski definition) is 6. The Labute approximate surface area is 260 Å². The van der Waals surface area contributed by atoms with Crippen molar-refractivity contribution in [1.82, 2.24) is 0 Å². The van der Waals surface area contributed by atoms with E-state index in [-0.39, 0.29) is 36.4 Å². The summed E-state index contributed by atoms with van der Waals surface area (Å²) in [6.07, 6.45) is 8.57. The summed E-state index contributed by atoms with van der Waals surface area (Å²) in [5.41, 5.74) is 15.1. The van der Waals surface area contributed by atoms with Crippen molar-refractivity contribution < 1.29 is 24.4 Å². The van der Waals surface area contributed by atoms with E-state index in [4.69, 9.17) is 19.7 Å². The van der Waals surface area contributed by atoms with Crippen LogP contribution in [-0.2, 0) is 9.53 Å². The van der Waals surface area contributed by atoms with Crippen molar-refractivity contribution in [3.8, 4) is 0 Å². The zero-order valence-corrected chi connectivity index (χ0v) is 27.5. The van der Waals surface area contributed by atoms with Crippen LogP contribution in [0.3, 0.4) is 0 Å². The number of likely N-dealkylation sites (N-methyl/N-ethyl adjacent to an activating group) is 1. The second kappa shape index (κ2) is 10.9. The molecule has 5 heterocycles. The number of methoxy groups -OCH3 is 1. The van der Waals surface area contributed by atoms with Gasteiger partial charge in [0.1, 0.15) is 17.9 Å². The van der Waals surface area contributed by atoms with Crippen molar-refractivity contribution in [3.05, 3.63) is 91.5 Å². The first-order valence-corrected chi connectivity index (χ1v) is 15.7. The third-order valence-electron chi connectivity index (χ3n) is 9.78. The van der Waals surface area contributed by atoms with Gasteiger partial charge in [0.2, 0.25) is 0 Å². The van der Waals surface area contributed by atoms with Crippen LogP contribution in [-0.4, -0.2) is 62.4 Å². The van der Waals surface area contributed by atoms with Crippen LogP contribution >= 0.6 is 0 Å². The van der Waals surface area contributed by atoms with Crippen LogP contribution < -0.4 is 10.4 Å². The molecule has 8 heteroatoms. The normalized spacial score (nSPS) is 24.8. The van der Waals surface area contributed by atoms with Gasteiger partial charge in [-0.1, -0.05) is 13.8 Å². The Morgan fingerprint density at radius 1 is 1.02 bits per heavy atom. The lowest BCUT2D eigenvalue weighted by atomic mass is 9.84. The maximum atomic E-state index is 13.5. The predicted molar refractivity (Wildman–Crippen MR) is 172 cm³/mol. The summed E-state index contributed by atoms with van der Waals surface area (Å²) in [6.45, 7) is 11.6. The summed E-state index contributed by atoms with van der Waals surface area (Å²) >= 11 is 0. The van der Waals surface area contributed by atoms with E-state index in [9.17, 15) is 9.90 Å². The average Bonchev–Trinajstić information content (AvgIpc) is 3.71. The fourth-order valence-corrected chi connectivity index (χ4v) is 7.29. The summed E-state index contributed by atoms with van der Waals surface area (Å²) in [6, 6.07) is 0. The number of aliphatic imine (C=N–C) groups is 3. The van der Waals surface area contributed by atoms with Crippen molar-refractivity contribution in [2.24, 2.45) is 26.8 Å². The zero-order valence-electron chi connectivity index (χ0n) is 27.5. The van der Waals surface area contributed by atoms with Gasteiger partial charge in [-0.2, -0.15) is 0 Å². The lowest BCUT2D eigenvalue weighted by Crippen LogP contribution is -2.78. The lowest BCUT2D eigenvalue weighted by molar-refractivity contribution is -0.865. The number of carbonyl (C=O) groups is 1. The van der Waals surface area contributed by atoms with Gasteiger partial charge in [-0.25, -0.2) is 9.98 Å². The molecule has 0 radical (unpaired) electrons. The molecule has 0 fully saturated rings. The first-order chi connectivity index (χ1) is 20.8. The largest absolute Gasteiger partial charge is 0.875 e. The van der Waals surface area contributed by atoms with E-state index in [1.165, 1.54) is 29.4 Å². The Morgan fingerprint density at radius 2 is 1.77 bits per heavy atom. The van der Waals surface area contributed by atoms with E-state index in [0.29, 0.717) is 12.0 Å². The molecule has 0 saturated carbocycles. The highest BCUT2D eigenvalue weighted by Crippen LogP contribution is 2.45. The van der Waals surface area contributed by atoms with Crippen LogP contribution in [0.5, 0.6) is 0 Å². The van der Waals surface area contributed by atoms with Crippen molar-refractivity contribution in [3.63, 3.8) is 0 Å². The number of esters is 1. The molecule has 2 N–H and O–H groups in total. The maximum absolute atomic E-state index is 13.5. The van der Waals surface area contributed by atoms with Crippen LogP contribution in [0.4, 0.5) is 0 Å². The number of fused-ring (bicyclic) bond motifs is 5. The van der Waals surface area contributed by atoms with E-state index in [0.717, 1.165) is 74.2 Å². The molecule has 8 bridgehead atoms. The van der Waals surface area contributed by atoms with E-state index in [2.05, 4.69) is 72.4 Å². The van der Waals surface area contributed by atoms with Crippen molar-refractivity contribution in [1.29, 1.82) is 0 Å². The van der Waals surface area contributed by atoms with Gasteiger partial charge in [0, 0.05) is 58.4 Å². The Kier molecular flexibility index (Phi) is 7.49. The quantitative estimate of drug-likeness (QED) is 0.370. The molecular weight excluding hydrogens is 550 g/mol. The second-order valence-corrected chi connectivity index (χ2v) is 13.7. The Morgan fingerprint density at radius 3 is 2.45 bits per heavy atom. The molecule has 1 aliphatic carbocycles. The van der Waals surface area contributed by atoms with Gasteiger partial charge in [0.25, 0.3) is 0 Å². The molecule has 0 aromatic rings. The fraction of sp³-hybridized carbons (Fsp3) is 0.444. The van der Waals surface area contributed by atoms with Crippen LogP contribution in [0.15, 0.2) is 106 Å². The van der Waals surface area contributed by atoms with Gasteiger partial charge in [-0.05, 0) is 62.8 Å². The highest BCUT2D eigenvalue weighted by Gasteiger charge is 2.39. The SMILES string of the molecule is CCC1=C(C)C2=CC3=NC(=CC4=NC(=C5CC([O-])=C6C5=NC(=C6C)C=C1[NH2+]2)[C@@H](CCC(=O)OC)[C@@H]4C)C(C)=C3C[N+](C)(C)C.